The van der Waals surface area contributed by atoms with Crippen LogP contribution in [-0.4, -0.2) is 22.9 Å². The number of esters is 1. The molecule has 17 heavy (non-hydrogen) atoms. The molecule has 1 saturated carbocycles. The number of rotatable bonds is 2. The molecule has 1 aromatic carbocycles. The Labute approximate surface area is 99.2 Å². The van der Waals surface area contributed by atoms with Gasteiger partial charge in [-0.05, 0) is 30.4 Å². The normalized spacial score (nSPS) is 15.2. The minimum absolute atomic E-state index is 0.380. The van der Waals surface area contributed by atoms with Gasteiger partial charge in [-0.25, -0.2) is 4.79 Å². The van der Waals surface area contributed by atoms with Crippen LogP contribution in [0.15, 0.2) is 18.2 Å². The number of hydrogen-bond acceptors (Lipinski definition) is 3. The van der Waals surface area contributed by atoms with Crippen LogP contribution in [0.1, 0.15) is 34.8 Å². The zero-order valence-corrected chi connectivity index (χ0v) is 9.93. The Morgan fingerprint density at radius 3 is 2.88 bits per heavy atom. The zero-order valence-electron chi connectivity index (χ0n) is 9.93. The SMILES string of the molecule is COC(=O)c1nn(C)c2cc(C3CC3)ccc12. The average molecular weight is 230 g/mol. The highest BCUT2D eigenvalue weighted by molar-refractivity contribution is 6.02. The van der Waals surface area contributed by atoms with Crippen LogP contribution < -0.4 is 0 Å². The van der Waals surface area contributed by atoms with E-state index in [9.17, 15) is 4.79 Å². The number of nitrogens with zero attached hydrogens (tertiary/aromatic N) is 2. The number of carbonyl (C=O) groups is 1. The molecule has 2 aromatic rings. The number of methoxy groups -OCH3 is 1. The van der Waals surface area contributed by atoms with Crippen molar-refractivity contribution < 1.29 is 9.53 Å². The maximum absolute atomic E-state index is 11.6. The van der Waals surface area contributed by atoms with Gasteiger partial charge in [-0.3, -0.25) is 4.68 Å². The summed E-state index contributed by atoms with van der Waals surface area (Å²) in [7, 11) is 3.23. The van der Waals surface area contributed by atoms with Gasteiger partial charge in [0.25, 0.3) is 0 Å². The van der Waals surface area contributed by atoms with Gasteiger partial charge in [0.05, 0.1) is 12.6 Å². The van der Waals surface area contributed by atoms with Crippen molar-refractivity contribution in [3.05, 3.63) is 29.5 Å². The molecule has 0 spiro atoms. The number of carbonyl (C=O) groups excluding carboxylic acids is 1. The second-order valence-electron chi connectivity index (χ2n) is 4.51. The van der Waals surface area contributed by atoms with E-state index >= 15 is 0 Å². The summed E-state index contributed by atoms with van der Waals surface area (Å²) >= 11 is 0. The van der Waals surface area contributed by atoms with E-state index in [0.717, 1.165) is 10.9 Å². The maximum Gasteiger partial charge on any atom is 0.359 e. The topological polar surface area (TPSA) is 44.1 Å². The summed E-state index contributed by atoms with van der Waals surface area (Å²) in [5, 5.41) is 5.09. The van der Waals surface area contributed by atoms with E-state index < -0.39 is 0 Å². The Morgan fingerprint density at radius 1 is 1.47 bits per heavy atom. The summed E-state index contributed by atoms with van der Waals surface area (Å²) in [5.74, 6) is 0.325. The number of aryl methyl sites for hydroxylation is 1. The fraction of sp³-hybridized carbons (Fsp3) is 0.385. The minimum Gasteiger partial charge on any atom is -0.464 e. The van der Waals surface area contributed by atoms with Crippen LogP contribution in [-0.2, 0) is 11.8 Å². The van der Waals surface area contributed by atoms with Crippen LogP contribution in [0.4, 0.5) is 0 Å². The monoisotopic (exact) mass is 230 g/mol. The molecule has 1 heterocycles. The van der Waals surface area contributed by atoms with E-state index in [-0.39, 0.29) is 5.97 Å². The van der Waals surface area contributed by atoms with E-state index in [1.165, 1.54) is 25.5 Å². The van der Waals surface area contributed by atoms with Crippen molar-refractivity contribution in [2.24, 2.45) is 7.05 Å². The molecule has 1 aromatic heterocycles. The predicted molar refractivity (Wildman–Crippen MR) is 64.0 cm³/mol. The highest BCUT2D eigenvalue weighted by atomic mass is 16.5. The van der Waals surface area contributed by atoms with Crippen LogP contribution in [0, 0.1) is 0 Å². The highest BCUT2D eigenvalue weighted by Gasteiger charge is 2.25. The zero-order chi connectivity index (χ0) is 12.0. The van der Waals surface area contributed by atoms with Crippen LogP contribution in [0.25, 0.3) is 10.9 Å². The van der Waals surface area contributed by atoms with E-state index in [4.69, 9.17) is 4.74 Å². The molecule has 4 heteroatoms. The first-order valence-electron chi connectivity index (χ1n) is 5.75. The Kier molecular flexibility index (Phi) is 2.18. The molecular formula is C13H14N2O2. The van der Waals surface area contributed by atoms with Gasteiger partial charge in [0.2, 0.25) is 0 Å². The Bertz CT molecular complexity index is 597. The summed E-state index contributed by atoms with van der Waals surface area (Å²) in [6, 6.07) is 6.20. The Hall–Kier alpha value is -1.84. The van der Waals surface area contributed by atoms with E-state index in [1.807, 2.05) is 13.1 Å². The summed E-state index contributed by atoms with van der Waals surface area (Å²) in [6.45, 7) is 0. The molecule has 88 valence electrons. The van der Waals surface area contributed by atoms with Crippen LogP contribution in [0.5, 0.6) is 0 Å². The molecule has 3 rings (SSSR count). The molecular weight excluding hydrogens is 216 g/mol. The first-order valence-corrected chi connectivity index (χ1v) is 5.75. The third-order valence-corrected chi connectivity index (χ3v) is 3.30. The van der Waals surface area contributed by atoms with Crippen molar-refractivity contribution in [3.63, 3.8) is 0 Å². The molecule has 1 aliphatic carbocycles. The quantitative estimate of drug-likeness (QED) is 0.743. The maximum atomic E-state index is 11.6. The second-order valence-corrected chi connectivity index (χ2v) is 4.51. The lowest BCUT2D eigenvalue weighted by molar-refractivity contribution is 0.0595. The van der Waals surface area contributed by atoms with Crippen molar-refractivity contribution in [2.75, 3.05) is 7.11 Å². The molecule has 0 bridgehead atoms. The van der Waals surface area contributed by atoms with Crippen LogP contribution >= 0.6 is 0 Å². The predicted octanol–water partition coefficient (Wildman–Crippen LogP) is 2.24. The van der Waals surface area contributed by atoms with Crippen molar-refractivity contribution in [3.8, 4) is 0 Å². The van der Waals surface area contributed by atoms with Gasteiger partial charge in [0.1, 0.15) is 0 Å². The third-order valence-electron chi connectivity index (χ3n) is 3.30. The lowest BCUT2D eigenvalue weighted by Crippen LogP contribution is -2.03. The van der Waals surface area contributed by atoms with Crippen molar-refractivity contribution in [1.29, 1.82) is 0 Å². The smallest absolute Gasteiger partial charge is 0.359 e. The average Bonchev–Trinajstić information content (AvgIpc) is 3.14. The van der Waals surface area contributed by atoms with Crippen LogP contribution in [0.2, 0.25) is 0 Å². The van der Waals surface area contributed by atoms with E-state index in [1.54, 1.807) is 4.68 Å². The highest BCUT2D eigenvalue weighted by Crippen LogP contribution is 2.41. The van der Waals surface area contributed by atoms with Crippen molar-refractivity contribution >= 4 is 16.9 Å². The fourth-order valence-corrected chi connectivity index (χ4v) is 2.19. The lowest BCUT2D eigenvalue weighted by Gasteiger charge is -1.99. The standard InChI is InChI=1S/C13H14N2O2/c1-15-11-7-9(8-3-4-8)5-6-10(11)12(14-15)13(16)17-2/h5-8H,3-4H2,1-2H3. The molecule has 0 atom stereocenters. The van der Waals surface area contributed by atoms with E-state index in [2.05, 4.69) is 17.2 Å². The molecule has 0 amide bonds. The first-order chi connectivity index (χ1) is 8.20. The molecule has 1 fully saturated rings. The van der Waals surface area contributed by atoms with Gasteiger partial charge < -0.3 is 4.74 Å². The molecule has 0 aliphatic heterocycles. The number of fused-ring (bicyclic) bond motifs is 1. The minimum atomic E-state index is -0.380. The first kappa shape index (κ1) is 10.3. The fourth-order valence-electron chi connectivity index (χ4n) is 2.19. The summed E-state index contributed by atoms with van der Waals surface area (Å²) in [5.41, 5.74) is 2.74. The van der Waals surface area contributed by atoms with Crippen LogP contribution in [0.3, 0.4) is 0 Å². The molecule has 4 nitrogen and oxygen atoms in total. The van der Waals surface area contributed by atoms with Gasteiger partial charge in [-0.2, -0.15) is 5.10 Å². The lowest BCUT2D eigenvalue weighted by atomic mass is 10.1. The number of ether oxygens (including phenoxy) is 1. The molecule has 0 saturated heterocycles. The number of aromatic nitrogens is 2. The summed E-state index contributed by atoms with van der Waals surface area (Å²) < 4.78 is 6.48. The largest absolute Gasteiger partial charge is 0.464 e. The molecule has 0 unspecified atom stereocenters. The molecule has 1 aliphatic rings. The second kappa shape index (κ2) is 3.58. The van der Waals surface area contributed by atoms with Gasteiger partial charge >= 0.3 is 5.97 Å². The third kappa shape index (κ3) is 1.60. The van der Waals surface area contributed by atoms with Crippen molar-refractivity contribution in [1.82, 2.24) is 9.78 Å². The van der Waals surface area contributed by atoms with E-state index in [0.29, 0.717) is 11.6 Å². The van der Waals surface area contributed by atoms with Gasteiger partial charge in [0.15, 0.2) is 5.69 Å². The van der Waals surface area contributed by atoms with Crippen molar-refractivity contribution in [2.45, 2.75) is 18.8 Å². The van der Waals surface area contributed by atoms with Gasteiger partial charge in [0, 0.05) is 12.4 Å². The summed E-state index contributed by atoms with van der Waals surface area (Å²) in [6.07, 6.45) is 2.54. The van der Waals surface area contributed by atoms with Gasteiger partial charge in [-0.15, -0.1) is 0 Å². The number of benzene rings is 1. The number of hydrogen-bond donors (Lipinski definition) is 0. The van der Waals surface area contributed by atoms with Gasteiger partial charge in [-0.1, -0.05) is 12.1 Å². The Balaban J connectivity index is 2.17. The summed E-state index contributed by atoms with van der Waals surface area (Å²) in [4.78, 5) is 11.6. The Morgan fingerprint density at radius 2 is 2.24 bits per heavy atom. The molecule has 0 N–H and O–H groups in total. The molecule has 0 radical (unpaired) electrons.